The van der Waals surface area contributed by atoms with Crippen LogP contribution in [0.2, 0.25) is 0 Å². The topological polar surface area (TPSA) is 88.3 Å². The van der Waals surface area contributed by atoms with E-state index in [1.807, 2.05) is 19.9 Å². The van der Waals surface area contributed by atoms with Gasteiger partial charge in [0.15, 0.2) is 0 Å². The molecule has 1 saturated heterocycles. The van der Waals surface area contributed by atoms with Gasteiger partial charge in [0.1, 0.15) is 18.0 Å². The van der Waals surface area contributed by atoms with Gasteiger partial charge in [0, 0.05) is 25.6 Å². The molecule has 1 aliphatic rings. The van der Waals surface area contributed by atoms with Crippen LogP contribution in [0.5, 0.6) is 0 Å². The number of anilines is 1. The van der Waals surface area contributed by atoms with E-state index in [9.17, 15) is 4.79 Å². The van der Waals surface area contributed by atoms with Gasteiger partial charge in [-0.05, 0) is 13.8 Å². The van der Waals surface area contributed by atoms with Crippen LogP contribution in [-0.4, -0.2) is 42.1 Å². The minimum Gasteiger partial charge on any atom is -0.444 e. The van der Waals surface area contributed by atoms with E-state index >= 15 is 0 Å². The lowest BCUT2D eigenvalue weighted by Gasteiger charge is -2.13. The summed E-state index contributed by atoms with van der Waals surface area (Å²) >= 11 is 0. The Hall–Kier alpha value is -1.76. The second-order valence-corrected chi connectivity index (χ2v) is 4.84. The SMILES string of the molecule is CNc1cc([C@@H]2C[C@H](OC(=O)NC(C)C)CO2)[nH]n1. The summed E-state index contributed by atoms with van der Waals surface area (Å²) in [6, 6.07) is 1.96. The Bertz CT molecular complexity index is 432. The van der Waals surface area contributed by atoms with Crippen molar-refractivity contribution in [2.75, 3.05) is 19.0 Å². The van der Waals surface area contributed by atoms with Crippen molar-refractivity contribution in [1.29, 1.82) is 0 Å². The summed E-state index contributed by atoms with van der Waals surface area (Å²) < 4.78 is 10.9. The molecule has 1 aromatic heterocycles. The monoisotopic (exact) mass is 268 g/mol. The van der Waals surface area contributed by atoms with Gasteiger partial charge in [0.2, 0.25) is 0 Å². The van der Waals surface area contributed by atoms with E-state index in [2.05, 4.69) is 20.8 Å². The van der Waals surface area contributed by atoms with Crippen LogP contribution in [-0.2, 0) is 9.47 Å². The molecule has 0 radical (unpaired) electrons. The Morgan fingerprint density at radius 1 is 1.63 bits per heavy atom. The van der Waals surface area contributed by atoms with Crippen LogP contribution in [0, 0.1) is 0 Å². The summed E-state index contributed by atoms with van der Waals surface area (Å²) in [7, 11) is 1.80. The first-order valence-electron chi connectivity index (χ1n) is 6.40. The zero-order valence-electron chi connectivity index (χ0n) is 11.4. The number of hydrogen-bond acceptors (Lipinski definition) is 5. The Kier molecular flexibility index (Phi) is 4.26. The average Bonchev–Trinajstić information content (AvgIpc) is 2.95. The number of nitrogens with zero attached hydrogens (tertiary/aromatic N) is 1. The highest BCUT2D eigenvalue weighted by molar-refractivity contribution is 5.67. The smallest absolute Gasteiger partial charge is 0.407 e. The van der Waals surface area contributed by atoms with Gasteiger partial charge >= 0.3 is 6.09 Å². The third-order valence-corrected chi connectivity index (χ3v) is 2.84. The van der Waals surface area contributed by atoms with E-state index in [1.54, 1.807) is 7.05 Å². The van der Waals surface area contributed by atoms with Crippen molar-refractivity contribution in [3.05, 3.63) is 11.8 Å². The van der Waals surface area contributed by atoms with Gasteiger partial charge in [-0.3, -0.25) is 5.10 Å². The van der Waals surface area contributed by atoms with Crippen LogP contribution < -0.4 is 10.6 Å². The maximum Gasteiger partial charge on any atom is 0.407 e. The summed E-state index contributed by atoms with van der Waals surface area (Å²) in [6.07, 6.45) is -0.0852. The van der Waals surface area contributed by atoms with Crippen LogP contribution in [0.15, 0.2) is 6.07 Å². The molecule has 1 amide bonds. The van der Waals surface area contributed by atoms with Crippen molar-refractivity contribution in [1.82, 2.24) is 15.5 Å². The first-order valence-corrected chi connectivity index (χ1v) is 6.40. The summed E-state index contributed by atoms with van der Waals surface area (Å²) in [5, 5.41) is 12.6. The molecule has 0 bridgehead atoms. The zero-order chi connectivity index (χ0) is 13.8. The van der Waals surface area contributed by atoms with Crippen molar-refractivity contribution >= 4 is 11.9 Å². The van der Waals surface area contributed by atoms with Crippen molar-refractivity contribution in [2.24, 2.45) is 0 Å². The van der Waals surface area contributed by atoms with Gasteiger partial charge in [0.05, 0.1) is 12.3 Å². The van der Waals surface area contributed by atoms with Gasteiger partial charge in [-0.25, -0.2) is 4.79 Å². The second-order valence-electron chi connectivity index (χ2n) is 4.84. The molecule has 0 aliphatic carbocycles. The number of H-pyrrole nitrogens is 1. The number of aromatic amines is 1. The summed E-state index contributed by atoms with van der Waals surface area (Å²) in [4.78, 5) is 11.5. The van der Waals surface area contributed by atoms with Crippen LogP contribution in [0.1, 0.15) is 32.1 Å². The van der Waals surface area contributed by atoms with Crippen molar-refractivity contribution < 1.29 is 14.3 Å². The molecular formula is C12H20N4O3. The van der Waals surface area contributed by atoms with Gasteiger partial charge in [-0.1, -0.05) is 0 Å². The second kappa shape index (κ2) is 5.92. The highest BCUT2D eigenvalue weighted by Gasteiger charge is 2.30. The Morgan fingerprint density at radius 3 is 3.05 bits per heavy atom. The third kappa shape index (κ3) is 3.60. The Balaban J connectivity index is 1.84. The van der Waals surface area contributed by atoms with Gasteiger partial charge in [-0.2, -0.15) is 5.10 Å². The number of alkyl carbamates (subject to hydrolysis) is 1. The van der Waals surface area contributed by atoms with E-state index in [4.69, 9.17) is 9.47 Å². The number of carbonyl (C=O) groups excluding carboxylic acids is 1. The Labute approximate surface area is 112 Å². The highest BCUT2D eigenvalue weighted by atomic mass is 16.6. The quantitative estimate of drug-likeness (QED) is 0.768. The lowest BCUT2D eigenvalue weighted by atomic mass is 10.1. The van der Waals surface area contributed by atoms with Gasteiger partial charge in [-0.15, -0.1) is 0 Å². The van der Waals surface area contributed by atoms with Gasteiger partial charge in [0.25, 0.3) is 0 Å². The third-order valence-electron chi connectivity index (χ3n) is 2.84. The molecule has 1 aromatic rings. The molecule has 19 heavy (non-hydrogen) atoms. The molecular weight excluding hydrogens is 248 g/mol. The Morgan fingerprint density at radius 2 is 2.42 bits per heavy atom. The number of amides is 1. The van der Waals surface area contributed by atoms with E-state index in [1.165, 1.54) is 0 Å². The first-order chi connectivity index (χ1) is 9.08. The predicted octanol–water partition coefficient (Wildman–Crippen LogP) is 1.42. The molecule has 106 valence electrons. The van der Waals surface area contributed by atoms with E-state index in [-0.39, 0.29) is 18.2 Å². The maximum absolute atomic E-state index is 11.5. The van der Waals surface area contributed by atoms with Crippen LogP contribution in [0.4, 0.5) is 10.6 Å². The predicted molar refractivity (Wildman–Crippen MR) is 70.0 cm³/mol. The number of hydrogen-bond donors (Lipinski definition) is 3. The fourth-order valence-corrected chi connectivity index (χ4v) is 1.95. The van der Waals surface area contributed by atoms with Crippen molar-refractivity contribution in [2.45, 2.75) is 38.5 Å². The lowest BCUT2D eigenvalue weighted by molar-refractivity contribution is 0.0682. The van der Waals surface area contributed by atoms with Crippen LogP contribution in [0.3, 0.4) is 0 Å². The normalized spacial score (nSPS) is 22.5. The fourth-order valence-electron chi connectivity index (χ4n) is 1.95. The van der Waals surface area contributed by atoms with Crippen molar-refractivity contribution in [3.8, 4) is 0 Å². The molecule has 2 heterocycles. The van der Waals surface area contributed by atoms with Gasteiger partial charge < -0.3 is 20.1 Å². The molecule has 0 saturated carbocycles. The summed E-state index contributed by atoms with van der Waals surface area (Å²) in [6.45, 7) is 4.18. The number of ether oxygens (including phenoxy) is 2. The summed E-state index contributed by atoms with van der Waals surface area (Å²) in [5.41, 5.74) is 0.889. The molecule has 1 aliphatic heterocycles. The highest BCUT2D eigenvalue weighted by Crippen LogP contribution is 2.30. The molecule has 0 spiro atoms. The zero-order valence-corrected chi connectivity index (χ0v) is 11.4. The largest absolute Gasteiger partial charge is 0.444 e. The molecule has 7 heteroatoms. The van der Waals surface area contributed by atoms with E-state index in [0.29, 0.717) is 13.0 Å². The maximum atomic E-state index is 11.5. The molecule has 3 N–H and O–H groups in total. The molecule has 2 rings (SSSR count). The number of carbonyl (C=O) groups is 1. The molecule has 0 aromatic carbocycles. The first kappa shape index (κ1) is 13.7. The van der Waals surface area contributed by atoms with Crippen LogP contribution in [0.25, 0.3) is 0 Å². The fraction of sp³-hybridized carbons (Fsp3) is 0.667. The number of nitrogens with one attached hydrogen (secondary N) is 3. The minimum absolute atomic E-state index is 0.0661. The summed E-state index contributed by atoms with van der Waals surface area (Å²) in [5.74, 6) is 0.764. The average molecular weight is 268 g/mol. The van der Waals surface area contributed by atoms with Crippen LogP contribution >= 0.6 is 0 Å². The van der Waals surface area contributed by atoms with E-state index in [0.717, 1.165) is 11.5 Å². The lowest BCUT2D eigenvalue weighted by Crippen LogP contribution is -2.33. The number of rotatable bonds is 4. The van der Waals surface area contributed by atoms with E-state index < -0.39 is 6.09 Å². The molecule has 7 nitrogen and oxygen atoms in total. The molecule has 1 fully saturated rings. The molecule has 0 unspecified atom stereocenters. The molecule has 2 atom stereocenters. The van der Waals surface area contributed by atoms with Crippen molar-refractivity contribution in [3.63, 3.8) is 0 Å². The minimum atomic E-state index is -0.398. The number of aromatic nitrogens is 2. The standard InChI is InChI=1S/C12H20N4O3/c1-7(2)14-12(17)19-8-4-10(18-6-8)9-5-11(13-3)16-15-9/h5,7-8,10H,4,6H2,1-3H3,(H,14,17)(H2,13,15,16)/t8-,10-/m0/s1.